The average molecular weight is 401 g/mol. The zero-order chi connectivity index (χ0) is 20.5. The number of Topliss-reactive ketones (excluding diaryl/α,β-unsaturated/α-hetero) is 1. The molecule has 0 N–H and O–H groups in total. The molecule has 1 saturated carbocycles. The number of hydrogen-bond acceptors (Lipinski definition) is 4. The Labute approximate surface area is 169 Å². The molecule has 0 aromatic heterocycles. The van der Waals surface area contributed by atoms with Crippen LogP contribution in [-0.4, -0.2) is 31.1 Å². The molecular weight excluding hydrogens is 376 g/mol. The fraction of sp³-hybridized carbons (Fsp3) is 0.435. The van der Waals surface area contributed by atoms with Crippen LogP contribution >= 0.6 is 0 Å². The number of anilines is 1. The van der Waals surface area contributed by atoms with Crippen LogP contribution in [0.5, 0.6) is 11.5 Å². The second-order valence-electron chi connectivity index (χ2n) is 8.07. The van der Waals surface area contributed by atoms with Gasteiger partial charge in [0.1, 0.15) is 29.1 Å². The molecule has 4 rings (SSSR count). The van der Waals surface area contributed by atoms with Gasteiger partial charge in [0.05, 0.1) is 19.2 Å². The van der Waals surface area contributed by atoms with Crippen LogP contribution in [0, 0.1) is 11.6 Å². The number of benzene rings is 2. The van der Waals surface area contributed by atoms with Gasteiger partial charge in [-0.3, -0.25) is 0 Å². The fourth-order valence-electron chi connectivity index (χ4n) is 3.60. The van der Waals surface area contributed by atoms with E-state index in [1.807, 2.05) is 31.2 Å². The summed E-state index contributed by atoms with van der Waals surface area (Å²) in [6.45, 7) is 4.44. The van der Waals surface area contributed by atoms with Crippen molar-refractivity contribution in [1.82, 2.24) is 0 Å². The van der Waals surface area contributed by atoms with E-state index in [9.17, 15) is 13.6 Å². The van der Waals surface area contributed by atoms with Gasteiger partial charge < -0.3 is 19.2 Å². The van der Waals surface area contributed by atoms with Gasteiger partial charge in [0.25, 0.3) is 0 Å². The van der Waals surface area contributed by atoms with E-state index in [0.717, 1.165) is 18.4 Å². The molecule has 2 aromatic rings. The third-order valence-electron chi connectivity index (χ3n) is 5.33. The number of ether oxygens (including phenoxy) is 2. The Hall–Kier alpha value is -2.63. The van der Waals surface area contributed by atoms with Crippen molar-refractivity contribution in [2.75, 3.05) is 18.0 Å². The minimum atomic E-state index is -0.608. The topological polar surface area (TPSA) is 38.8 Å². The van der Waals surface area contributed by atoms with Crippen molar-refractivity contribution in [3.05, 3.63) is 53.6 Å². The minimum absolute atomic E-state index is 0.0265. The van der Waals surface area contributed by atoms with Crippen LogP contribution in [0.1, 0.15) is 44.6 Å². The van der Waals surface area contributed by atoms with Crippen LogP contribution in [0.25, 0.3) is 0 Å². The first kappa shape index (κ1) is 19.7. The Balaban J connectivity index is 1.32. The van der Waals surface area contributed by atoms with Crippen LogP contribution in [0.2, 0.25) is 0 Å². The Kier molecular flexibility index (Phi) is 5.43. The molecule has 29 heavy (non-hydrogen) atoms. The summed E-state index contributed by atoms with van der Waals surface area (Å²) in [5, 5.41) is 0. The molecule has 0 bridgehead atoms. The molecule has 0 amide bonds. The number of ketones is 1. The summed E-state index contributed by atoms with van der Waals surface area (Å²) in [5.74, 6) is 0.0737. The molecule has 4 nitrogen and oxygen atoms in total. The van der Waals surface area contributed by atoms with Crippen molar-refractivity contribution in [1.29, 1.82) is 0 Å². The lowest BCUT2D eigenvalue weighted by molar-refractivity contribution is -0.117. The molecule has 154 valence electrons. The van der Waals surface area contributed by atoms with E-state index in [0.29, 0.717) is 25.3 Å². The third-order valence-corrected chi connectivity index (χ3v) is 5.33. The van der Waals surface area contributed by atoms with E-state index in [1.165, 1.54) is 12.1 Å². The molecule has 1 aliphatic carbocycles. The monoisotopic (exact) mass is 401 g/mol. The van der Waals surface area contributed by atoms with Crippen molar-refractivity contribution < 1.29 is 23.0 Å². The lowest BCUT2D eigenvalue weighted by atomic mass is 9.96. The Bertz CT molecular complexity index is 866. The second kappa shape index (κ2) is 8.01. The highest BCUT2D eigenvalue weighted by Gasteiger charge is 2.33. The van der Waals surface area contributed by atoms with Crippen molar-refractivity contribution in [3.8, 4) is 11.5 Å². The first-order valence-electron chi connectivity index (χ1n) is 10.1. The van der Waals surface area contributed by atoms with Crippen molar-refractivity contribution in [3.63, 3.8) is 0 Å². The summed E-state index contributed by atoms with van der Waals surface area (Å²) >= 11 is 0. The molecule has 0 spiro atoms. The number of rotatable bonds is 8. The number of halogens is 2. The van der Waals surface area contributed by atoms with Gasteiger partial charge in [-0.15, -0.1) is 0 Å². The maximum absolute atomic E-state index is 14.4. The summed E-state index contributed by atoms with van der Waals surface area (Å²) in [4.78, 5) is 12.9. The lowest BCUT2D eigenvalue weighted by Gasteiger charge is -2.40. The van der Waals surface area contributed by atoms with E-state index in [-0.39, 0.29) is 35.3 Å². The number of carbonyl (C=O) groups is 1. The van der Waals surface area contributed by atoms with Gasteiger partial charge in [0, 0.05) is 18.6 Å². The van der Waals surface area contributed by atoms with E-state index >= 15 is 0 Å². The summed E-state index contributed by atoms with van der Waals surface area (Å²) in [6.07, 6.45) is 2.36. The average Bonchev–Trinajstić information content (AvgIpc) is 3.42. The van der Waals surface area contributed by atoms with Gasteiger partial charge >= 0.3 is 0 Å². The smallest absolute Gasteiger partial charge is 0.153 e. The molecule has 0 radical (unpaired) electrons. The maximum Gasteiger partial charge on any atom is 0.153 e. The van der Waals surface area contributed by atoms with Crippen LogP contribution in [0.15, 0.2) is 36.4 Å². The van der Waals surface area contributed by atoms with Crippen LogP contribution in [0.4, 0.5) is 14.5 Å². The Morgan fingerprint density at radius 3 is 2.17 bits per heavy atom. The number of carbonyl (C=O) groups excluding carboxylic acids is 1. The van der Waals surface area contributed by atoms with Gasteiger partial charge in [-0.1, -0.05) is 19.1 Å². The van der Waals surface area contributed by atoms with Crippen molar-refractivity contribution >= 4 is 11.5 Å². The Morgan fingerprint density at radius 2 is 1.62 bits per heavy atom. The van der Waals surface area contributed by atoms with Crippen LogP contribution < -0.4 is 14.4 Å². The van der Waals surface area contributed by atoms with Crippen molar-refractivity contribution in [2.45, 2.75) is 51.2 Å². The van der Waals surface area contributed by atoms with Gasteiger partial charge in [-0.25, -0.2) is 8.78 Å². The predicted molar refractivity (Wildman–Crippen MR) is 107 cm³/mol. The predicted octanol–water partition coefficient (Wildman–Crippen LogP) is 4.86. The van der Waals surface area contributed by atoms with Crippen LogP contribution in [-0.2, 0) is 4.79 Å². The molecule has 1 aliphatic heterocycles. The summed E-state index contributed by atoms with van der Waals surface area (Å²) < 4.78 is 40.2. The van der Waals surface area contributed by atoms with E-state index in [2.05, 4.69) is 0 Å². The highest BCUT2D eigenvalue weighted by atomic mass is 19.1. The van der Waals surface area contributed by atoms with Gasteiger partial charge in [0.15, 0.2) is 11.6 Å². The van der Waals surface area contributed by atoms with Crippen molar-refractivity contribution in [2.24, 2.45) is 0 Å². The van der Waals surface area contributed by atoms with Gasteiger partial charge in [0.2, 0.25) is 0 Å². The molecule has 2 aliphatic rings. The quantitative estimate of drug-likeness (QED) is 0.634. The molecule has 2 fully saturated rings. The van der Waals surface area contributed by atoms with E-state index in [1.54, 1.807) is 11.8 Å². The zero-order valence-electron chi connectivity index (χ0n) is 16.7. The van der Waals surface area contributed by atoms with Gasteiger partial charge in [-0.05, 0) is 43.4 Å². The third kappa shape index (κ3) is 4.69. The first-order chi connectivity index (χ1) is 13.9. The summed E-state index contributed by atoms with van der Waals surface area (Å²) in [6, 6.07) is 10.2. The van der Waals surface area contributed by atoms with E-state index < -0.39 is 11.6 Å². The molecule has 0 unspecified atom stereocenters. The SMILES string of the molecule is CC(=O)C[C@@H](C)c1ccc(OC2CN(c3c(F)cc(OC4CC4)cc3F)C2)cc1. The first-order valence-corrected chi connectivity index (χ1v) is 10.1. The van der Waals surface area contributed by atoms with Crippen LogP contribution in [0.3, 0.4) is 0 Å². The summed E-state index contributed by atoms with van der Waals surface area (Å²) in [5.41, 5.74) is 1.06. The Morgan fingerprint density at radius 1 is 1.03 bits per heavy atom. The van der Waals surface area contributed by atoms with Gasteiger partial charge in [-0.2, -0.15) is 0 Å². The maximum atomic E-state index is 14.4. The molecule has 1 saturated heterocycles. The largest absolute Gasteiger partial charge is 0.490 e. The number of nitrogens with zero attached hydrogens (tertiary/aromatic N) is 1. The fourth-order valence-corrected chi connectivity index (χ4v) is 3.60. The molecular formula is C23H25F2NO3. The molecule has 6 heteroatoms. The van der Waals surface area contributed by atoms with E-state index in [4.69, 9.17) is 9.47 Å². The standard InChI is InChI=1S/C23H25F2NO3/c1-14(9-15(2)27)16-3-5-17(6-4-16)29-20-12-26(13-20)23-21(24)10-19(11-22(23)25)28-18-7-8-18/h3-6,10-11,14,18,20H,7-9,12-13H2,1-2H3/t14-/m1/s1. The highest BCUT2D eigenvalue weighted by molar-refractivity contribution is 5.76. The molecule has 1 atom stereocenters. The minimum Gasteiger partial charge on any atom is -0.490 e. The second-order valence-corrected chi connectivity index (χ2v) is 8.07. The zero-order valence-corrected chi connectivity index (χ0v) is 16.7. The lowest BCUT2D eigenvalue weighted by Crippen LogP contribution is -2.54. The summed E-state index contributed by atoms with van der Waals surface area (Å²) in [7, 11) is 0. The highest BCUT2D eigenvalue weighted by Crippen LogP contribution is 2.34. The normalized spacial score (nSPS) is 17.6. The number of hydrogen-bond donors (Lipinski definition) is 0. The molecule has 1 heterocycles. The molecule has 2 aromatic carbocycles.